The van der Waals surface area contributed by atoms with Gasteiger partial charge in [-0.3, -0.25) is 0 Å². The number of hydrogen-bond donors (Lipinski definition) is 0. The first-order valence-electron chi connectivity index (χ1n) is 17.4. The molecule has 0 saturated heterocycles. The molecule has 0 radical (unpaired) electrons. The number of aromatic carboxylic acids is 3. The Morgan fingerprint density at radius 3 is 0.812 bits per heavy atom. The predicted molar refractivity (Wildman–Crippen MR) is 170 cm³/mol. The van der Waals surface area contributed by atoms with Crippen molar-refractivity contribution in [3.05, 3.63) is 33.4 Å². The first-order valence-corrected chi connectivity index (χ1v) is 17.4. The summed E-state index contributed by atoms with van der Waals surface area (Å²) in [6.45, 7) is 5.49. The number of carbonyl (C=O) groups excluding carboxylic acids is 6. The molecule has 0 atom stereocenters. The summed E-state index contributed by atoms with van der Waals surface area (Å²) in [5, 5.41) is 37.0. The Bertz CT molecular complexity index is 1150. The van der Waals surface area contributed by atoms with E-state index in [9.17, 15) is 44.1 Å². The Morgan fingerprint density at radius 1 is 0.354 bits per heavy atom. The van der Waals surface area contributed by atoms with Gasteiger partial charge in [-0.15, -0.1) is 0 Å². The van der Waals surface area contributed by atoms with Crippen LogP contribution >= 0.6 is 0 Å². The molecule has 1 aromatic carbocycles. The Labute approximate surface area is 283 Å². The third kappa shape index (κ3) is 14.0. The molecule has 0 aliphatic rings. The number of carboxylic acids is 3. The van der Waals surface area contributed by atoms with E-state index >= 15 is 0 Å². The third-order valence-electron chi connectivity index (χ3n) is 7.92. The zero-order chi connectivity index (χ0) is 35.9. The lowest BCUT2D eigenvalue weighted by Crippen LogP contribution is -2.40. The van der Waals surface area contributed by atoms with E-state index in [4.69, 9.17) is 14.2 Å². The van der Waals surface area contributed by atoms with Crippen LogP contribution in [-0.4, -0.2) is 55.6 Å². The second-order valence-corrected chi connectivity index (χ2v) is 11.8. The van der Waals surface area contributed by atoms with Gasteiger partial charge in [0.25, 0.3) is 0 Å². The molecule has 0 fully saturated rings. The van der Waals surface area contributed by atoms with Gasteiger partial charge in [0.2, 0.25) is 0 Å². The highest BCUT2D eigenvalue weighted by Crippen LogP contribution is 2.31. The van der Waals surface area contributed by atoms with Crippen molar-refractivity contribution < 1.29 is 58.3 Å². The summed E-state index contributed by atoms with van der Waals surface area (Å²) in [6, 6.07) is 0. The highest BCUT2D eigenvalue weighted by atomic mass is 16.5. The molecule has 12 heteroatoms. The normalized spacial score (nSPS) is 10.8. The second kappa shape index (κ2) is 24.2. The summed E-state index contributed by atoms with van der Waals surface area (Å²) in [5.74, 6) is -11.4. The van der Waals surface area contributed by atoms with E-state index in [1.54, 1.807) is 0 Å². The van der Waals surface area contributed by atoms with E-state index in [1.807, 2.05) is 0 Å². The summed E-state index contributed by atoms with van der Waals surface area (Å²) in [4.78, 5) is 77.5. The van der Waals surface area contributed by atoms with Crippen molar-refractivity contribution in [3.63, 3.8) is 0 Å². The molecule has 0 spiro atoms. The predicted octanol–water partition coefficient (Wildman–Crippen LogP) is 4.33. The van der Waals surface area contributed by atoms with E-state index in [-0.39, 0.29) is 19.8 Å². The maximum Gasteiger partial charge on any atom is 0.339 e. The number of rotatable bonds is 27. The number of unbranched alkanes of at least 4 members (excludes halogenated alkanes) is 15. The molecule has 0 unspecified atom stereocenters. The van der Waals surface area contributed by atoms with E-state index in [0.717, 1.165) is 77.0 Å². The summed E-state index contributed by atoms with van der Waals surface area (Å²) in [7, 11) is 0. The standard InChI is InChI=1S/C36H54O12/c1-4-7-10-13-16-19-22-46-34(43)28-26(32(39)40)25(31(37)38)27(33(41)42)29(35(44)47-23-20-17-14-11-8-5-2)30(28)36(45)48-24-21-18-15-12-9-6-3/h4-24H2,1-3H3,(H,37,38)(H,39,40)(H,41,42)/p-3. The minimum absolute atomic E-state index is 0.215. The first kappa shape index (κ1) is 42.1. The molecule has 0 saturated carbocycles. The third-order valence-corrected chi connectivity index (χ3v) is 7.92. The number of ether oxygens (including phenoxy) is 3. The van der Waals surface area contributed by atoms with Gasteiger partial charge < -0.3 is 43.9 Å². The quantitative estimate of drug-likeness (QED) is 0.0727. The molecule has 1 aromatic rings. The maximum absolute atomic E-state index is 13.6. The molecular weight excluding hydrogens is 624 g/mol. The van der Waals surface area contributed by atoms with Crippen LogP contribution in [0.3, 0.4) is 0 Å². The van der Waals surface area contributed by atoms with Gasteiger partial charge in [0.05, 0.1) is 54.4 Å². The van der Waals surface area contributed by atoms with Gasteiger partial charge in [-0.1, -0.05) is 117 Å². The summed E-state index contributed by atoms with van der Waals surface area (Å²) in [5.41, 5.74) is -8.07. The molecule has 0 aliphatic carbocycles. The topological polar surface area (TPSA) is 199 Å². The molecule has 0 bridgehead atoms. The largest absolute Gasteiger partial charge is 0.545 e. The zero-order valence-corrected chi connectivity index (χ0v) is 28.7. The van der Waals surface area contributed by atoms with E-state index < -0.39 is 69.2 Å². The van der Waals surface area contributed by atoms with Gasteiger partial charge >= 0.3 is 17.9 Å². The van der Waals surface area contributed by atoms with E-state index in [2.05, 4.69) is 20.8 Å². The molecule has 0 N–H and O–H groups in total. The summed E-state index contributed by atoms with van der Waals surface area (Å²) < 4.78 is 15.8. The molecule has 0 aliphatic heterocycles. The van der Waals surface area contributed by atoms with Crippen molar-refractivity contribution in [2.45, 2.75) is 136 Å². The summed E-state index contributed by atoms with van der Waals surface area (Å²) >= 11 is 0. The van der Waals surface area contributed by atoms with Crippen LogP contribution in [0.1, 0.15) is 198 Å². The van der Waals surface area contributed by atoms with Crippen LogP contribution in [0.25, 0.3) is 0 Å². The minimum atomic E-state index is -2.37. The molecule has 270 valence electrons. The van der Waals surface area contributed by atoms with Gasteiger partial charge in [-0.05, 0) is 19.3 Å². The molecule has 0 amide bonds. The highest BCUT2D eigenvalue weighted by Gasteiger charge is 2.37. The van der Waals surface area contributed by atoms with Crippen LogP contribution in [-0.2, 0) is 14.2 Å². The van der Waals surface area contributed by atoms with Crippen molar-refractivity contribution >= 4 is 35.8 Å². The maximum atomic E-state index is 13.6. The van der Waals surface area contributed by atoms with Crippen molar-refractivity contribution in [2.75, 3.05) is 19.8 Å². The van der Waals surface area contributed by atoms with E-state index in [0.29, 0.717) is 38.5 Å². The Kier molecular flexibility index (Phi) is 21.2. The number of carboxylic acid groups (broad SMARTS) is 3. The molecule has 1 rings (SSSR count). The molecule has 12 nitrogen and oxygen atoms in total. The van der Waals surface area contributed by atoms with Crippen LogP contribution in [0.5, 0.6) is 0 Å². The lowest BCUT2D eigenvalue weighted by Gasteiger charge is -2.25. The van der Waals surface area contributed by atoms with Crippen LogP contribution in [0.15, 0.2) is 0 Å². The van der Waals surface area contributed by atoms with Gasteiger partial charge in [0.15, 0.2) is 0 Å². The van der Waals surface area contributed by atoms with Crippen LogP contribution in [0.2, 0.25) is 0 Å². The van der Waals surface area contributed by atoms with Crippen molar-refractivity contribution in [3.8, 4) is 0 Å². The lowest BCUT2D eigenvalue weighted by atomic mass is 9.85. The first-order chi connectivity index (χ1) is 23.0. The van der Waals surface area contributed by atoms with Gasteiger partial charge in [0.1, 0.15) is 0 Å². The Morgan fingerprint density at radius 2 is 0.562 bits per heavy atom. The van der Waals surface area contributed by atoms with Gasteiger partial charge in [-0.25, -0.2) is 14.4 Å². The molecule has 0 heterocycles. The average Bonchev–Trinajstić information content (AvgIpc) is 3.05. The number of esters is 3. The Hall–Kier alpha value is -3.96. The van der Waals surface area contributed by atoms with Crippen LogP contribution in [0, 0.1) is 0 Å². The lowest BCUT2D eigenvalue weighted by molar-refractivity contribution is -0.261. The Balaban J connectivity index is 3.67. The second-order valence-electron chi connectivity index (χ2n) is 11.8. The molecule has 0 aromatic heterocycles. The summed E-state index contributed by atoms with van der Waals surface area (Å²) in [6.07, 6.45) is 14.6. The monoisotopic (exact) mass is 675 g/mol. The number of hydrogen-bond acceptors (Lipinski definition) is 12. The zero-order valence-electron chi connectivity index (χ0n) is 28.7. The fourth-order valence-corrected chi connectivity index (χ4v) is 5.33. The smallest absolute Gasteiger partial charge is 0.339 e. The fraction of sp³-hybridized carbons (Fsp3) is 0.667. The molecule has 48 heavy (non-hydrogen) atoms. The van der Waals surface area contributed by atoms with Crippen molar-refractivity contribution in [1.82, 2.24) is 0 Å². The van der Waals surface area contributed by atoms with Crippen LogP contribution in [0.4, 0.5) is 0 Å². The van der Waals surface area contributed by atoms with Crippen LogP contribution < -0.4 is 15.3 Å². The number of benzene rings is 1. The van der Waals surface area contributed by atoms with Gasteiger partial charge in [-0.2, -0.15) is 0 Å². The van der Waals surface area contributed by atoms with E-state index in [1.165, 1.54) is 0 Å². The fourth-order valence-electron chi connectivity index (χ4n) is 5.33. The minimum Gasteiger partial charge on any atom is -0.545 e. The average molecular weight is 676 g/mol. The van der Waals surface area contributed by atoms with Gasteiger partial charge in [0, 0.05) is 16.7 Å². The molecular formula is C36H51O12-3. The van der Waals surface area contributed by atoms with Crippen molar-refractivity contribution in [1.29, 1.82) is 0 Å². The number of carbonyl (C=O) groups is 6. The highest BCUT2D eigenvalue weighted by molar-refractivity contribution is 6.22. The SMILES string of the molecule is CCCCCCCCOC(=O)c1c(C(=O)[O-])c(C(=O)[O-])c(C(=O)[O-])c(C(=O)OCCCCCCCC)c1C(=O)OCCCCCCCC. The van der Waals surface area contributed by atoms with Crippen molar-refractivity contribution in [2.24, 2.45) is 0 Å².